The molecule has 0 spiro atoms. The van der Waals surface area contributed by atoms with Gasteiger partial charge in [0, 0.05) is 50.0 Å². The predicted octanol–water partition coefficient (Wildman–Crippen LogP) is 6.41. The highest BCUT2D eigenvalue weighted by Crippen LogP contribution is 2.40. The molecule has 4 aromatic rings. The monoisotopic (exact) mass is 519 g/mol. The maximum atomic E-state index is 15.1. The van der Waals surface area contributed by atoms with Gasteiger partial charge in [0.1, 0.15) is 22.9 Å². The zero-order valence-electron chi connectivity index (χ0n) is 21.0. The molecular weight excluding hydrogens is 489 g/mol. The number of para-hydroxylation sites is 1. The Hall–Kier alpha value is -3.00. The first-order valence-electron chi connectivity index (χ1n) is 13.0. The van der Waals surface area contributed by atoms with Crippen LogP contribution in [0, 0.1) is 5.82 Å². The Morgan fingerprint density at radius 1 is 0.919 bits per heavy atom. The number of fused-ring (bicyclic) bond motifs is 1. The largest absolute Gasteiger partial charge is 0.454 e. The molecule has 8 heteroatoms. The standard InChI is InChI=1S/C29H31ClFN5O/c1-34-13-15-35(16-14-34)21-8-10-22(11-9-21)36-18-24(27-28(30)32-19-33-29(27)36)20-7-12-26(25(31)17-20)37-23-5-3-2-4-6-23/h2-7,12,17-19,21-22H,8-11,13-16H2,1H3/t21-,22-. The highest BCUT2D eigenvalue weighted by molar-refractivity contribution is 6.35. The van der Waals surface area contributed by atoms with Gasteiger partial charge in [0.05, 0.1) is 5.39 Å². The summed E-state index contributed by atoms with van der Waals surface area (Å²) in [6, 6.07) is 15.2. The number of aromatic nitrogens is 3. The Morgan fingerprint density at radius 2 is 1.65 bits per heavy atom. The van der Waals surface area contributed by atoms with E-state index >= 15 is 4.39 Å². The molecule has 192 valence electrons. The van der Waals surface area contributed by atoms with Crippen molar-refractivity contribution in [3.8, 4) is 22.6 Å². The van der Waals surface area contributed by atoms with Gasteiger partial charge in [-0.05, 0) is 62.6 Å². The van der Waals surface area contributed by atoms with Crippen LogP contribution in [0.1, 0.15) is 31.7 Å². The number of hydrogen-bond donors (Lipinski definition) is 0. The molecule has 0 radical (unpaired) electrons. The van der Waals surface area contributed by atoms with E-state index in [9.17, 15) is 0 Å². The van der Waals surface area contributed by atoms with E-state index in [1.54, 1.807) is 18.2 Å². The minimum absolute atomic E-state index is 0.184. The summed E-state index contributed by atoms with van der Waals surface area (Å²) in [6.07, 6.45) is 8.10. The van der Waals surface area contributed by atoms with Crippen molar-refractivity contribution in [2.45, 2.75) is 37.8 Å². The molecule has 1 saturated carbocycles. The number of rotatable bonds is 5. The molecule has 0 bridgehead atoms. The Kier molecular flexibility index (Phi) is 6.84. The number of ether oxygens (including phenoxy) is 1. The van der Waals surface area contributed by atoms with E-state index in [4.69, 9.17) is 16.3 Å². The van der Waals surface area contributed by atoms with Crippen molar-refractivity contribution >= 4 is 22.6 Å². The van der Waals surface area contributed by atoms with Crippen LogP contribution in [0.15, 0.2) is 61.1 Å². The van der Waals surface area contributed by atoms with Gasteiger partial charge < -0.3 is 14.2 Å². The molecule has 2 aliphatic rings. The lowest BCUT2D eigenvalue weighted by Gasteiger charge is -2.41. The number of halogens is 2. The van der Waals surface area contributed by atoms with Crippen molar-refractivity contribution in [3.05, 3.63) is 72.0 Å². The van der Waals surface area contributed by atoms with Gasteiger partial charge >= 0.3 is 0 Å². The molecule has 0 amide bonds. The Labute approximate surface area is 221 Å². The van der Waals surface area contributed by atoms with Crippen molar-refractivity contribution in [1.82, 2.24) is 24.3 Å². The van der Waals surface area contributed by atoms with Crippen LogP contribution in [0.3, 0.4) is 0 Å². The Bertz CT molecular complexity index is 1380. The van der Waals surface area contributed by atoms with Crippen LogP contribution < -0.4 is 4.74 Å². The summed E-state index contributed by atoms with van der Waals surface area (Å²) in [5.41, 5.74) is 2.37. The third-order valence-electron chi connectivity index (χ3n) is 7.89. The van der Waals surface area contributed by atoms with E-state index in [1.807, 2.05) is 24.3 Å². The van der Waals surface area contributed by atoms with Crippen molar-refractivity contribution in [2.24, 2.45) is 0 Å². The van der Waals surface area contributed by atoms with E-state index in [-0.39, 0.29) is 5.75 Å². The summed E-state index contributed by atoms with van der Waals surface area (Å²) in [5.74, 6) is 0.348. The molecule has 6 rings (SSSR count). The first kappa shape index (κ1) is 24.3. The quantitative estimate of drug-likeness (QED) is 0.285. The minimum atomic E-state index is -0.428. The molecule has 2 aromatic carbocycles. The first-order chi connectivity index (χ1) is 18.1. The SMILES string of the molecule is CN1CCN([C@H]2CC[C@H](n3cc(-c4ccc(Oc5ccccc5)c(F)c4)c4c(Cl)ncnc43)CC2)CC1. The van der Waals surface area contributed by atoms with Crippen molar-refractivity contribution < 1.29 is 9.13 Å². The molecular formula is C29H31ClFN5O. The van der Waals surface area contributed by atoms with Crippen LogP contribution in [-0.2, 0) is 0 Å². The van der Waals surface area contributed by atoms with Crippen molar-refractivity contribution in [2.75, 3.05) is 33.2 Å². The number of nitrogens with zero attached hydrogens (tertiary/aromatic N) is 5. The van der Waals surface area contributed by atoms with Crippen molar-refractivity contribution in [1.29, 1.82) is 0 Å². The van der Waals surface area contributed by atoms with Gasteiger partial charge in [-0.1, -0.05) is 35.9 Å². The zero-order valence-corrected chi connectivity index (χ0v) is 21.7. The van der Waals surface area contributed by atoms with Gasteiger partial charge in [-0.2, -0.15) is 0 Å². The van der Waals surface area contributed by atoms with E-state index in [2.05, 4.69) is 37.6 Å². The lowest BCUT2D eigenvalue weighted by atomic mass is 9.89. The number of piperazine rings is 1. The average Bonchev–Trinajstić information content (AvgIpc) is 3.32. The topological polar surface area (TPSA) is 46.4 Å². The van der Waals surface area contributed by atoms with Crippen LogP contribution >= 0.6 is 11.6 Å². The van der Waals surface area contributed by atoms with E-state index < -0.39 is 5.82 Å². The number of hydrogen-bond acceptors (Lipinski definition) is 5. The smallest absolute Gasteiger partial charge is 0.166 e. The molecule has 2 fully saturated rings. The summed E-state index contributed by atoms with van der Waals surface area (Å²) in [5, 5.41) is 1.15. The summed E-state index contributed by atoms with van der Waals surface area (Å²) >= 11 is 6.59. The molecule has 6 nitrogen and oxygen atoms in total. The lowest BCUT2D eigenvalue weighted by Crippen LogP contribution is -2.49. The fraction of sp³-hybridized carbons (Fsp3) is 0.379. The highest BCUT2D eigenvalue weighted by atomic mass is 35.5. The van der Waals surface area contributed by atoms with Crippen LogP contribution in [0.4, 0.5) is 4.39 Å². The normalized spacial score (nSPS) is 21.4. The molecule has 37 heavy (non-hydrogen) atoms. The second kappa shape index (κ2) is 10.4. The van der Waals surface area contributed by atoms with Crippen LogP contribution in [0.25, 0.3) is 22.2 Å². The van der Waals surface area contributed by atoms with Crippen molar-refractivity contribution in [3.63, 3.8) is 0 Å². The third-order valence-corrected chi connectivity index (χ3v) is 8.18. The van der Waals surface area contributed by atoms with E-state index in [0.29, 0.717) is 23.0 Å². The molecule has 0 atom stereocenters. The van der Waals surface area contributed by atoms with Gasteiger partial charge in [-0.25, -0.2) is 14.4 Å². The van der Waals surface area contributed by atoms with E-state index in [0.717, 1.165) is 61.2 Å². The highest BCUT2D eigenvalue weighted by Gasteiger charge is 2.30. The van der Waals surface area contributed by atoms with Crippen LogP contribution in [0.2, 0.25) is 5.15 Å². The first-order valence-corrected chi connectivity index (χ1v) is 13.4. The van der Waals surface area contributed by atoms with Crippen LogP contribution in [-0.4, -0.2) is 63.6 Å². The molecule has 1 aliphatic carbocycles. The van der Waals surface area contributed by atoms with Gasteiger partial charge in [-0.15, -0.1) is 0 Å². The zero-order chi connectivity index (χ0) is 25.4. The average molecular weight is 520 g/mol. The number of likely N-dealkylation sites (N-methyl/N-ethyl adjacent to an activating group) is 1. The second-order valence-electron chi connectivity index (χ2n) is 10.2. The maximum Gasteiger partial charge on any atom is 0.166 e. The molecule has 1 saturated heterocycles. The second-order valence-corrected chi connectivity index (χ2v) is 10.5. The fourth-order valence-electron chi connectivity index (χ4n) is 5.80. The molecule has 0 N–H and O–H groups in total. The summed E-state index contributed by atoms with van der Waals surface area (Å²) < 4.78 is 23.1. The van der Waals surface area contributed by atoms with Crippen LogP contribution in [0.5, 0.6) is 11.5 Å². The maximum absolute atomic E-state index is 15.1. The minimum Gasteiger partial charge on any atom is -0.454 e. The Balaban J connectivity index is 1.26. The lowest BCUT2D eigenvalue weighted by molar-refractivity contribution is 0.0828. The van der Waals surface area contributed by atoms with Gasteiger partial charge in [0.15, 0.2) is 11.6 Å². The fourth-order valence-corrected chi connectivity index (χ4v) is 6.03. The van der Waals surface area contributed by atoms with E-state index in [1.165, 1.54) is 25.2 Å². The molecule has 1 aliphatic heterocycles. The van der Waals surface area contributed by atoms with Gasteiger partial charge in [0.25, 0.3) is 0 Å². The molecule has 2 aromatic heterocycles. The summed E-state index contributed by atoms with van der Waals surface area (Å²) in [4.78, 5) is 13.9. The Morgan fingerprint density at radius 3 is 2.38 bits per heavy atom. The summed E-state index contributed by atoms with van der Waals surface area (Å²) in [6.45, 7) is 4.60. The van der Waals surface area contributed by atoms with Gasteiger partial charge in [-0.3, -0.25) is 4.90 Å². The predicted molar refractivity (Wildman–Crippen MR) is 145 cm³/mol. The number of benzene rings is 2. The summed E-state index contributed by atoms with van der Waals surface area (Å²) in [7, 11) is 2.20. The third kappa shape index (κ3) is 4.96. The van der Waals surface area contributed by atoms with Gasteiger partial charge in [0.2, 0.25) is 0 Å². The molecule has 3 heterocycles. The molecule has 0 unspecified atom stereocenters.